The Balaban J connectivity index is 2.94. The fourth-order valence-electron chi connectivity index (χ4n) is 1.33. The van der Waals surface area contributed by atoms with Gasteiger partial charge in [0, 0.05) is 6.54 Å². The zero-order valence-electron chi connectivity index (χ0n) is 8.00. The fraction of sp³-hybridized carbons (Fsp3) is 0.714. The molecule has 1 heterocycles. The highest BCUT2D eigenvalue weighted by Gasteiger charge is 2.09. The van der Waals surface area contributed by atoms with Crippen LogP contribution in [0.3, 0.4) is 0 Å². The van der Waals surface area contributed by atoms with Crippen LogP contribution in [0.25, 0.3) is 0 Å². The van der Waals surface area contributed by atoms with Gasteiger partial charge in [-0.2, -0.15) is 0 Å². The normalized spacial score (nSPS) is 13.5. The minimum absolute atomic E-state index is 0.0810. The van der Waals surface area contributed by atoms with E-state index in [4.69, 9.17) is 12.2 Å². The molecule has 0 aromatic carbocycles. The Labute approximate surface area is 81.4 Å². The number of aromatic nitrogens is 3. The number of rotatable bonds is 3. The van der Waals surface area contributed by atoms with Gasteiger partial charge in [-0.3, -0.25) is 9.67 Å². The summed E-state index contributed by atoms with van der Waals surface area (Å²) in [6.07, 6.45) is 0. The molecule has 0 saturated heterocycles. The van der Waals surface area contributed by atoms with E-state index in [1.807, 2.05) is 25.9 Å². The molecular formula is C7H14N4OS. The van der Waals surface area contributed by atoms with E-state index < -0.39 is 0 Å². The average Bonchev–Trinajstić information content (AvgIpc) is 2.29. The monoisotopic (exact) mass is 202 g/mol. The summed E-state index contributed by atoms with van der Waals surface area (Å²) in [5.74, 6) is 0. The highest BCUT2D eigenvalue weighted by Crippen LogP contribution is 2.02. The lowest BCUT2D eigenvalue weighted by Gasteiger charge is -2.16. The van der Waals surface area contributed by atoms with Crippen molar-refractivity contribution in [2.75, 3.05) is 20.6 Å². The molecule has 0 aliphatic heterocycles. The predicted molar refractivity (Wildman–Crippen MR) is 53.5 cm³/mol. The molecule has 0 fully saturated rings. The van der Waals surface area contributed by atoms with Gasteiger partial charge in [-0.25, -0.2) is 9.89 Å². The molecule has 1 atom stereocenters. The molecule has 0 radical (unpaired) electrons. The number of nitrogens with one attached hydrogen (secondary N) is 2. The standard InChI is InChI=1S/C7H14N4OS/c1-5(4-10(2)3)11-6(12)8-9-7(11)13/h5H,4H2,1-3H3,(H,8,12)(H,9,13). The Morgan fingerprint density at radius 2 is 2.15 bits per heavy atom. The van der Waals surface area contributed by atoms with Crippen LogP contribution in [-0.4, -0.2) is 40.3 Å². The van der Waals surface area contributed by atoms with Gasteiger partial charge in [-0.15, -0.1) is 0 Å². The van der Waals surface area contributed by atoms with Gasteiger partial charge in [0.05, 0.1) is 6.04 Å². The van der Waals surface area contributed by atoms with Gasteiger partial charge in [0.15, 0.2) is 4.77 Å². The molecule has 5 nitrogen and oxygen atoms in total. The predicted octanol–water partition coefficient (Wildman–Crippen LogP) is 0.357. The molecule has 0 spiro atoms. The van der Waals surface area contributed by atoms with Gasteiger partial charge in [0.2, 0.25) is 0 Å². The molecule has 1 rings (SSSR count). The Kier molecular flexibility index (Phi) is 3.05. The van der Waals surface area contributed by atoms with E-state index in [0.29, 0.717) is 4.77 Å². The molecular weight excluding hydrogens is 188 g/mol. The SMILES string of the molecule is CC(CN(C)C)n1c(=O)[nH][nH]c1=S. The molecule has 6 heteroatoms. The Hall–Kier alpha value is -0.880. The maximum Gasteiger partial charge on any atom is 0.342 e. The van der Waals surface area contributed by atoms with Crippen molar-refractivity contribution >= 4 is 12.2 Å². The van der Waals surface area contributed by atoms with Gasteiger partial charge in [0.1, 0.15) is 0 Å². The van der Waals surface area contributed by atoms with Gasteiger partial charge in [0.25, 0.3) is 0 Å². The van der Waals surface area contributed by atoms with Crippen LogP contribution in [0.4, 0.5) is 0 Å². The van der Waals surface area contributed by atoms with Crippen LogP contribution in [0.2, 0.25) is 0 Å². The fourth-order valence-corrected chi connectivity index (χ4v) is 1.64. The topological polar surface area (TPSA) is 56.8 Å². The highest BCUT2D eigenvalue weighted by atomic mass is 32.1. The maximum atomic E-state index is 11.3. The van der Waals surface area contributed by atoms with Gasteiger partial charge < -0.3 is 4.90 Å². The molecule has 1 aromatic rings. The van der Waals surface area contributed by atoms with Gasteiger partial charge in [-0.05, 0) is 33.2 Å². The summed E-state index contributed by atoms with van der Waals surface area (Å²) in [6, 6.07) is 0.0810. The van der Waals surface area contributed by atoms with Crippen LogP contribution < -0.4 is 5.69 Å². The second kappa shape index (κ2) is 3.89. The average molecular weight is 202 g/mol. The molecule has 0 amide bonds. The van der Waals surface area contributed by atoms with Crippen molar-refractivity contribution in [3.63, 3.8) is 0 Å². The molecule has 1 aromatic heterocycles. The summed E-state index contributed by atoms with van der Waals surface area (Å²) >= 11 is 4.96. The van der Waals surface area contributed by atoms with Crippen molar-refractivity contribution in [2.45, 2.75) is 13.0 Å². The van der Waals surface area contributed by atoms with Crippen LogP contribution in [0.15, 0.2) is 4.79 Å². The molecule has 0 aliphatic carbocycles. The van der Waals surface area contributed by atoms with Crippen LogP contribution in [0.5, 0.6) is 0 Å². The van der Waals surface area contributed by atoms with Crippen LogP contribution in [-0.2, 0) is 0 Å². The number of H-pyrrole nitrogens is 2. The summed E-state index contributed by atoms with van der Waals surface area (Å²) in [5, 5.41) is 5.06. The molecule has 2 N–H and O–H groups in total. The third-order valence-electron chi connectivity index (χ3n) is 1.78. The Morgan fingerprint density at radius 1 is 1.54 bits per heavy atom. The van der Waals surface area contributed by atoms with Crippen LogP contribution >= 0.6 is 12.2 Å². The lowest BCUT2D eigenvalue weighted by Crippen LogP contribution is -2.28. The van der Waals surface area contributed by atoms with Crippen molar-refractivity contribution < 1.29 is 0 Å². The third-order valence-corrected chi connectivity index (χ3v) is 2.08. The number of nitrogens with zero attached hydrogens (tertiary/aromatic N) is 2. The van der Waals surface area contributed by atoms with E-state index >= 15 is 0 Å². The number of aromatic amines is 2. The first-order valence-corrected chi connectivity index (χ1v) is 4.47. The molecule has 0 bridgehead atoms. The number of hydrogen-bond donors (Lipinski definition) is 2. The third kappa shape index (κ3) is 2.28. The van der Waals surface area contributed by atoms with Gasteiger partial charge in [-0.1, -0.05) is 0 Å². The smallest absolute Gasteiger partial charge is 0.307 e. The second-order valence-electron chi connectivity index (χ2n) is 3.34. The van der Waals surface area contributed by atoms with E-state index in [0.717, 1.165) is 6.54 Å². The summed E-state index contributed by atoms with van der Waals surface area (Å²) < 4.78 is 1.98. The van der Waals surface area contributed by atoms with E-state index in [1.54, 1.807) is 0 Å². The minimum atomic E-state index is -0.181. The first kappa shape index (κ1) is 10.2. The van der Waals surface area contributed by atoms with Crippen LogP contribution in [0.1, 0.15) is 13.0 Å². The molecule has 74 valence electrons. The van der Waals surface area contributed by atoms with E-state index in [1.165, 1.54) is 4.57 Å². The summed E-state index contributed by atoms with van der Waals surface area (Å²) in [5.41, 5.74) is -0.181. The van der Waals surface area contributed by atoms with Crippen molar-refractivity contribution in [1.82, 2.24) is 19.7 Å². The lowest BCUT2D eigenvalue weighted by atomic mass is 10.3. The van der Waals surface area contributed by atoms with Crippen molar-refractivity contribution in [1.29, 1.82) is 0 Å². The van der Waals surface area contributed by atoms with E-state index in [-0.39, 0.29) is 11.7 Å². The highest BCUT2D eigenvalue weighted by molar-refractivity contribution is 7.71. The molecule has 0 aliphatic rings. The summed E-state index contributed by atoms with van der Waals surface area (Å²) in [4.78, 5) is 13.3. The number of hydrogen-bond acceptors (Lipinski definition) is 3. The van der Waals surface area contributed by atoms with Crippen molar-refractivity contribution in [3.05, 3.63) is 15.3 Å². The molecule has 1 unspecified atom stereocenters. The van der Waals surface area contributed by atoms with Crippen molar-refractivity contribution in [2.24, 2.45) is 0 Å². The number of likely N-dealkylation sites (N-methyl/N-ethyl adjacent to an activating group) is 1. The largest absolute Gasteiger partial charge is 0.342 e. The minimum Gasteiger partial charge on any atom is -0.307 e. The van der Waals surface area contributed by atoms with E-state index in [2.05, 4.69) is 10.2 Å². The maximum absolute atomic E-state index is 11.3. The summed E-state index contributed by atoms with van der Waals surface area (Å²) in [6.45, 7) is 2.74. The van der Waals surface area contributed by atoms with Crippen LogP contribution in [0, 0.1) is 4.77 Å². The Morgan fingerprint density at radius 3 is 2.54 bits per heavy atom. The lowest BCUT2D eigenvalue weighted by molar-refractivity contribution is 0.331. The molecule has 0 saturated carbocycles. The zero-order chi connectivity index (χ0) is 10.0. The first-order chi connectivity index (χ1) is 6.02. The Bertz CT molecular complexity index is 347. The molecule has 13 heavy (non-hydrogen) atoms. The zero-order valence-corrected chi connectivity index (χ0v) is 8.81. The van der Waals surface area contributed by atoms with Gasteiger partial charge >= 0.3 is 5.69 Å². The second-order valence-corrected chi connectivity index (χ2v) is 3.73. The summed E-state index contributed by atoms with van der Waals surface area (Å²) in [7, 11) is 3.92. The van der Waals surface area contributed by atoms with Crippen molar-refractivity contribution in [3.8, 4) is 0 Å². The first-order valence-electron chi connectivity index (χ1n) is 4.06. The van der Waals surface area contributed by atoms with E-state index in [9.17, 15) is 4.79 Å². The quantitative estimate of drug-likeness (QED) is 0.696.